The van der Waals surface area contributed by atoms with Gasteiger partial charge in [0.15, 0.2) is 0 Å². The van der Waals surface area contributed by atoms with Gasteiger partial charge in [0, 0.05) is 0 Å². The van der Waals surface area contributed by atoms with Gasteiger partial charge in [-0.25, -0.2) is 4.99 Å². The van der Waals surface area contributed by atoms with E-state index in [9.17, 15) is 0 Å². The van der Waals surface area contributed by atoms with Crippen molar-refractivity contribution in [2.45, 2.75) is 48.1 Å². The summed E-state index contributed by atoms with van der Waals surface area (Å²) >= 11 is 0. The Labute approximate surface area is 107 Å². The van der Waals surface area contributed by atoms with Crippen LogP contribution < -0.4 is 0 Å². The molecule has 0 atom stereocenters. The minimum atomic E-state index is 0.692. The van der Waals surface area contributed by atoms with E-state index in [0.29, 0.717) is 6.54 Å². The van der Waals surface area contributed by atoms with Crippen LogP contribution in [0.25, 0.3) is 0 Å². The molecule has 0 amide bonds. The summed E-state index contributed by atoms with van der Waals surface area (Å²) < 4.78 is 0. The van der Waals surface area contributed by atoms with E-state index in [0.717, 1.165) is 5.84 Å². The molecule has 0 aliphatic carbocycles. The van der Waals surface area contributed by atoms with E-state index in [-0.39, 0.29) is 0 Å². The summed E-state index contributed by atoms with van der Waals surface area (Å²) in [5, 5.41) is 0. The van der Waals surface area contributed by atoms with Crippen LogP contribution in [0, 0.1) is 6.92 Å². The van der Waals surface area contributed by atoms with Crippen LogP contribution in [0.2, 0.25) is 0 Å². The molecule has 0 aromatic heterocycles. The van der Waals surface area contributed by atoms with Crippen LogP contribution in [0.1, 0.15) is 45.7 Å². The zero-order valence-electron chi connectivity index (χ0n) is 12.1. The average Bonchev–Trinajstić information content (AvgIpc) is 2.42. The number of aryl methyl sites for hydroxylation is 1. The summed E-state index contributed by atoms with van der Waals surface area (Å²) in [5.74, 6) is 0.739. The fourth-order valence-electron chi connectivity index (χ4n) is 1.04. The maximum Gasteiger partial charge on any atom is 0.119 e. The van der Waals surface area contributed by atoms with Gasteiger partial charge < -0.3 is 0 Å². The zero-order valence-corrected chi connectivity index (χ0v) is 12.1. The van der Waals surface area contributed by atoms with Gasteiger partial charge in [-0.1, -0.05) is 52.0 Å². The van der Waals surface area contributed by atoms with Crippen molar-refractivity contribution in [1.29, 1.82) is 0 Å². The molecule has 0 aliphatic rings. The minimum Gasteiger partial charge on any atom is -0.266 e. The Balaban J connectivity index is 0. The van der Waals surface area contributed by atoms with Gasteiger partial charge in [0.05, 0.1) is 6.54 Å². The van der Waals surface area contributed by atoms with Gasteiger partial charge in [0.1, 0.15) is 5.84 Å². The maximum absolute atomic E-state index is 4.26. The molecule has 0 bridgehead atoms. The predicted octanol–water partition coefficient (Wildman–Crippen LogP) is 4.67. The van der Waals surface area contributed by atoms with Gasteiger partial charge in [-0.2, -0.15) is 0 Å². The number of amidine groups is 1. The quantitative estimate of drug-likeness (QED) is 0.525. The molecule has 2 nitrogen and oxygen atoms in total. The summed E-state index contributed by atoms with van der Waals surface area (Å²) in [6, 6.07) is 8.21. The monoisotopic (exact) mass is 234 g/mol. The Bertz CT molecular complexity index is 327. The molecule has 0 N–H and O–H groups in total. The molecule has 1 rings (SSSR count). The first-order valence-electron chi connectivity index (χ1n) is 6.26. The fourth-order valence-corrected chi connectivity index (χ4v) is 1.04. The van der Waals surface area contributed by atoms with E-state index < -0.39 is 0 Å². The average molecular weight is 234 g/mol. The normalized spacial score (nSPS) is 9.41. The van der Waals surface area contributed by atoms with Gasteiger partial charge in [0.2, 0.25) is 0 Å². The number of nitrogens with zero attached hydrogens (tertiary/aromatic N) is 2. The van der Waals surface area contributed by atoms with E-state index in [1.807, 2.05) is 46.8 Å². The van der Waals surface area contributed by atoms with Crippen molar-refractivity contribution >= 4 is 12.6 Å². The topological polar surface area (TPSA) is 24.7 Å². The van der Waals surface area contributed by atoms with E-state index >= 15 is 0 Å². The summed E-state index contributed by atoms with van der Waals surface area (Å²) in [7, 11) is 0. The van der Waals surface area contributed by atoms with E-state index in [2.05, 4.69) is 35.8 Å². The number of aliphatic imine (C=N–C) groups is 2. The Morgan fingerprint density at radius 1 is 1.12 bits per heavy atom. The number of hydrogen-bond donors (Lipinski definition) is 0. The van der Waals surface area contributed by atoms with Crippen molar-refractivity contribution < 1.29 is 0 Å². The summed E-state index contributed by atoms with van der Waals surface area (Å²) in [5.41, 5.74) is 2.51. The third-order valence-corrected chi connectivity index (χ3v) is 1.97. The molecule has 0 aliphatic heterocycles. The summed E-state index contributed by atoms with van der Waals surface area (Å²) in [6.45, 7) is 16.0. The van der Waals surface area contributed by atoms with Gasteiger partial charge in [-0.3, -0.25) is 4.99 Å². The molecule has 0 saturated carbocycles. The Hall–Kier alpha value is -1.44. The van der Waals surface area contributed by atoms with E-state index in [4.69, 9.17) is 0 Å². The molecule has 0 spiro atoms. The third kappa shape index (κ3) is 8.38. The van der Waals surface area contributed by atoms with Gasteiger partial charge in [0.25, 0.3) is 0 Å². The van der Waals surface area contributed by atoms with Gasteiger partial charge in [-0.15, -0.1) is 0 Å². The second-order valence-electron chi connectivity index (χ2n) is 2.95. The predicted molar refractivity (Wildman–Crippen MR) is 80.2 cm³/mol. The van der Waals surface area contributed by atoms with Crippen molar-refractivity contribution in [3.63, 3.8) is 0 Å². The van der Waals surface area contributed by atoms with Crippen LogP contribution in [0.15, 0.2) is 34.3 Å². The van der Waals surface area contributed by atoms with Crippen LogP contribution in [0.5, 0.6) is 0 Å². The van der Waals surface area contributed by atoms with Crippen molar-refractivity contribution in [2.75, 3.05) is 0 Å². The highest BCUT2D eigenvalue weighted by atomic mass is 14.9. The molecule has 0 unspecified atom stereocenters. The zero-order chi connectivity index (χ0) is 13.7. The fraction of sp³-hybridized carbons (Fsp3) is 0.467. The van der Waals surface area contributed by atoms with Crippen LogP contribution in [-0.2, 0) is 6.54 Å². The molecule has 96 valence electrons. The molecule has 0 heterocycles. The van der Waals surface area contributed by atoms with Gasteiger partial charge in [-0.05, 0) is 31.7 Å². The Morgan fingerprint density at radius 2 is 1.65 bits per heavy atom. The van der Waals surface area contributed by atoms with Crippen molar-refractivity contribution in [3.05, 3.63) is 35.4 Å². The van der Waals surface area contributed by atoms with Crippen LogP contribution in [-0.4, -0.2) is 12.6 Å². The van der Waals surface area contributed by atoms with Crippen LogP contribution in [0.4, 0.5) is 0 Å². The Morgan fingerprint density at radius 3 is 2.12 bits per heavy atom. The lowest BCUT2D eigenvalue weighted by atomic mass is 10.1. The lowest BCUT2D eigenvalue weighted by Gasteiger charge is -2.00. The SMILES string of the molecule is C=NC(C)=NCc1ccccc1C.CC.CC. The van der Waals surface area contributed by atoms with Crippen molar-refractivity contribution in [3.8, 4) is 0 Å². The highest BCUT2D eigenvalue weighted by Gasteiger charge is 1.94. The first-order chi connectivity index (χ1) is 8.24. The minimum absolute atomic E-state index is 0.692. The standard InChI is InChI=1S/C11H14N2.2C2H6/c1-9-6-4-5-7-11(9)8-13-10(2)12-3;2*1-2/h4-7H,3,8H2,1-2H3;2*1-2H3. The summed E-state index contributed by atoms with van der Waals surface area (Å²) in [6.07, 6.45) is 0. The molecule has 0 fully saturated rings. The molecular formula is C15H26N2. The molecular weight excluding hydrogens is 208 g/mol. The van der Waals surface area contributed by atoms with E-state index in [1.165, 1.54) is 11.1 Å². The van der Waals surface area contributed by atoms with Crippen LogP contribution in [0.3, 0.4) is 0 Å². The highest BCUT2D eigenvalue weighted by molar-refractivity contribution is 5.83. The second kappa shape index (κ2) is 12.6. The molecule has 0 radical (unpaired) electrons. The number of hydrogen-bond acceptors (Lipinski definition) is 1. The lowest BCUT2D eigenvalue weighted by molar-refractivity contribution is 1.04. The third-order valence-electron chi connectivity index (χ3n) is 1.97. The molecule has 17 heavy (non-hydrogen) atoms. The second-order valence-corrected chi connectivity index (χ2v) is 2.95. The van der Waals surface area contributed by atoms with Gasteiger partial charge >= 0.3 is 0 Å². The molecule has 0 saturated heterocycles. The number of rotatable bonds is 2. The molecule has 1 aromatic carbocycles. The Kier molecular flexibility index (Phi) is 13.3. The highest BCUT2D eigenvalue weighted by Crippen LogP contribution is 2.08. The lowest BCUT2D eigenvalue weighted by Crippen LogP contribution is -1.90. The molecule has 2 heteroatoms. The van der Waals surface area contributed by atoms with Crippen molar-refractivity contribution in [2.24, 2.45) is 9.98 Å². The smallest absolute Gasteiger partial charge is 0.119 e. The first-order valence-corrected chi connectivity index (χ1v) is 6.26. The largest absolute Gasteiger partial charge is 0.266 e. The molecule has 1 aromatic rings. The van der Waals surface area contributed by atoms with E-state index in [1.54, 1.807) is 0 Å². The van der Waals surface area contributed by atoms with Crippen molar-refractivity contribution in [1.82, 2.24) is 0 Å². The number of benzene rings is 1. The maximum atomic E-state index is 4.26. The van der Waals surface area contributed by atoms with Crippen LogP contribution >= 0.6 is 0 Å². The summed E-state index contributed by atoms with van der Waals surface area (Å²) in [4.78, 5) is 7.99. The first kappa shape index (κ1) is 17.9.